The number of nitrogens with zero attached hydrogens (tertiary/aromatic N) is 3. The SMILES string of the molecule is CCn1ncnc1COc1ccc(F)cc1C#CCCCl. The number of benzene rings is 1. The molecule has 1 aromatic carbocycles. The summed E-state index contributed by atoms with van der Waals surface area (Å²) in [6.07, 6.45) is 2.02. The van der Waals surface area contributed by atoms with E-state index in [1.165, 1.54) is 18.5 Å². The van der Waals surface area contributed by atoms with Crippen molar-refractivity contribution < 1.29 is 9.13 Å². The lowest BCUT2D eigenvalue weighted by Crippen LogP contribution is -2.07. The number of aromatic nitrogens is 3. The highest BCUT2D eigenvalue weighted by Crippen LogP contribution is 2.20. The third-order valence-electron chi connectivity index (χ3n) is 2.74. The summed E-state index contributed by atoms with van der Waals surface area (Å²) < 4.78 is 20.7. The van der Waals surface area contributed by atoms with Gasteiger partial charge in [-0.25, -0.2) is 14.1 Å². The van der Waals surface area contributed by atoms with Gasteiger partial charge in [0.05, 0.1) is 5.56 Å². The molecule has 0 spiro atoms. The molecule has 0 unspecified atom stereocenters. The van der Waals surface area contributed by atoms with E-state index in [1.807, 2.05) is 6.92 Å². The summed E-state index contributed by atoms with van der Waals surface area (Å²) in [4.78, 5) is 4.12. The lowest BCUT2D eigenvalue weighted by atomic mass is 10.2. The van der Waals surface area contributed by atoms with Crippen molar-refractivity contribution in [2.75, 3.05) is 5.88 Å². The van der Waals surface area contributed by atoms with E-state index < -0.39 is 0 Å². The number of halogens is 2. The first-order chi connectivity index (χ1) is 10.2. The van der Waals surface area contributed by atoms with Gasteiger partial charge in [0.1, 0.15) is 24.5 Å². The first-order valence-corrected chi connectivity index (χ1v) is 7.12. The van der Waals surface area contributed by atoms with E-state index in [0.29, 0.717) is 36.0 Å². The molecule has 0 fully saturated rings. The molecule has 2 aromatic rings. The van der Waals surface area contributed by atoms with E-state index in [1.54, 1.807) is 10.7 Å². The Labute approximate surface area is 127 Å². The number of aryl methyl sites for hydroxylation is 1. The molecule has 0 atom stereocenters. The highest BCUT2D eigenvalue weighted by Gasteiger charge is 2.07. The Bertz CT molecular complexity index is 660. The van der Waals surface area contributed by atoms with E-state index >= 15 is 0 Å². The topological polar surface area (TPSA) is 39.9 Å². The van der Waals surface area contributed by atoms with Crippen molar-refractivity contribution in [2.45, 2.75) is 26.5 Å². The normalized spacial score (nSPS) is 10.0. The van der Waals surface area contributed by atoms with Gasteiger partial charge in [0, 0.05) is 18.8 Å². The van der Waals surface area contributed by atoms with Crippen LogP contribution in [0.2, 0.25) is 0 Å². The van der Waals surface area contributed by atoms with Gasteiger partial charge in [0.25, 0.3) is 0 Å². The maximum Gasteiger partial charge on any atom is 0.164 e. The van der Waals surface area contributed by atoms with Gasteiger partial charge in [-0.15, -0.1) is 11.6 Å². The molecule has 110 valence electrons. The maximum atomic E-state index is 13.3. The first kappa shape index (κ1) is 15.3. The standard InChI is InChI=1S/C15H15ClFN3O/c1-2-20-15(18-11-19-20)10-21-14-7-6-13(17)9-12(14)5-3-4-8-16/h6-7,9,11H,2,4,8,10H2,1H3. The molecule has 1 heterocycles. The maximum absolute atomic E-state index is 13.3. The fourth-order valence-corrected chi connectivity index (χ4v) is 1.83. The van der Waals surface area contributed by atoms with E-state index in [4.69, 9.17) is 16.3 Å². The van der Waals surface area contributed by atoms with Crippen molar-refractivity contribution in [1.29, 1.82) is 0 Å². The van der Waals surface area contributed by atoms with Crippen LogP contribution in [-0.2, 0) is 13.2 Å². The number of ether oxygens (including phenoxy) is 1. The number of hydrogen-bond acceptors (Lipinski definition) is 3. The molecular weight excluding hydrogens is 293 g/mol. The zero-order valence-corrected chi connectivity index (χ0v) is 12.4. The van der Waals surface area contributed by atoms with Crippen molar-refractivity contribution in [3.8, 4) is 17.6 Å². The lowest BCUT2D eigenvalue weighted by Gasteiger charge is -2.08. The molecule has 0 N–H and O–H groups in total. The molecule has 4 nitrogen and oxygen atoms in total. The Balaban J connectivity index is 2.14. The molecule has 0 amide bonds. The molecular formula is C15H15ClFN3O. The largest absolute Gasteiger partial charge is 0.484 e. The highest BCUT2D eigenvalue weighted by molar-refractivity contribution is 6.18. The van der Waals surface area contributed by atoms with Crippen molar-refractivity contribution in [3.05, 3.63) is 41.7 Å². The van der Waals surface area contributed by atoms with Gasteiger partial charge >= 0.3 is 0 Å². The Hall–Kier alpha value is -2.06. The second kappa shape index (κ2) is 7.65. The minimum absolute atomic E-state index is 0.254. The molecule has 0 aliphatic carbocycles. The van der Waals surface area contributed by atoms with E-state index in [0.717, 1.165) is 0 Å². The molecule has 0 bridgehead atoms. The summed E-state index contributed by atoms with van der Waals surface area (Å²) in [5, 5.41) is 4.07. The van der Waals surface area contributed by atoms with Gasteiger partial charge < -0.3 is 4.74 Å². The van der Waals surface area contributed by atoms with Gasteiger partial charge in [-0.1, -0.05) is 11.8 Å². The second-order valence-corrected chi connectivity index (χ2v) is 4.54. The van der Waals surface area contributed by atoms with Crippen LogP contribution >= 0.6 is 11.6 Å². The van der Waals surface area contributed by atoms with Gasteiger partial charge in [-0.3, -0.25) is 0 Å². The van der Waals surface area contributed by atoms with Gasteiger partial charge in [-0.05, 0) is 25.1 Å². The number of rotatable bonds is 5. The molecule has 2 rings (SSSR count). The van der Waals surface area contributed by atoms with Crippen molar-refractivity contribution in [3.63, 3.8) is 0 Å². The average Bonchev–Trinajstić information content (AvgIpc) is 2.94. The van der Waals surface area contributed by atoms with Crippen molar-refractivity contribution in [2.24, 2.45) is 0 Å². The number of hydrogen-bond donors (Lipinski definition) is 0. The third kappa shape index (κ3) is 4.20. The molecule has 1 aromatic heterocycles. The van der Waals surface area contributed by atoms with Crippen LogP contribution < -0.4 is 4.74 Å². The third-order valence-corrected chi connectivity index (χ3v) is 2.93. The van der Waals surface area contributed by atoms with Crippen LogP contribution in [0.15, 0.2) is 24.5 Å². The van der Waals surface area contributed by atoms with Crippen LogP contribution in [0.5, 0.6) is 5.75 Å². The van der Waals surface area contributed by atoms with Gasteiger partial charge in [0.15, 0.2) is 5.82 Å². The van der Waals surface area contributed by atoms with Crippen LogP contribution in [0.25, 0.3) is 0 Å². The van der Waals surface area contributed by atoms with Crippen molar-refractivity contribution in [1.82, 2.24) is 14.8 Å². The smallest absolute Gasteiger partial charge is 0.164 e. The van der Waals surface area contributed by atoms with Gasteiger partial charge in [0.2, 0.25) is 0 Å². The molecule has 0 aliphatic heterocycles. The van der Waals surface area contributed by atoms with E-state index in [2.05, 4.69) is 21.9 Å². The molecule has 0 aliphatic rings. The summed E-state index contributed by atoms with van der Waals surface area (Å²) in [6, 6.07) is 4.25. The Morgan fingerprint density at radius 1 is 1.43 bits per heavy atom. The van der Waals surface area contributed by atoms with Crippen LogP contribution in [0.3, 0.4) is 0 Å². The second-order valence-electron chi connectivity index (χ2n) is 4.16. The highest BCUT2D eigenvalue weighted by atomic mass is 35.5. The average molecular weight is 308 g/mol. The zero-order chi connectivity index (χ0) is 15.1. The quantitative estimate of drug-likeness (QED) is 0.630. The van der Waals surface area contributed by atoms with Crippen LogP contribution in [0.4, 0.5) is 4.39 Å². The predicted octanol–water partition coefficient (Wildman–Crippen LogP) is 3.00. The number of alkyl halides is 1. The molecule has 0 radical (unpaired) electrons. The minimum Gasteiger partial charge on any atom is -0.484 e. The predicted molar refractivity (Wildman–Crippen MR) is 78.6 cm³/mol. The van der Waals surface area contributed by atoms with Crippen LogP contribution in [-0.4, -0.2) is 20.6 Å². The zero-order valence-electron chi connectivity index (χ0n) is 11.6. The van der Waals surface area contributed by atoms with Crippen molar-refractivity contribution >= 4 is 11.6 Å². The summed E-state index contributed by atoms with van der Waals surface area (Å²) in [5.41, 5.74) is 0.502. The van der Waals surface area contributed by atoms with E-state index in [9.17, 15) is 4.39 Å². The summed E-state index contributed by atoms with van der Waals surface area (Å²) in [6.45, 7) is 2.94. The summed E-state index contributed by atoms with van der Waals surface area (Å²) >= 11 is 5.58. The Morgan fingerprint density at radius 3 is 3.05 bits per heavy atom. The molecule has 0 saturated carbocycles. The summed E-state index contributed by atoms with van der Waals surface area (Å²) in [7, 11) is 0. The monoisotopic (exact) mass is 307 g/mol. The van der Waals surface area contributed by atoms with Crippen LogP contribution in [0, 0.1) is 17.7 Å². The van der Waals surface area contributed by atoms with Crippen LogP contribution in [0.1, 0.15) is 24.7 Å². The fraction of sp³-hybridized carbons (Fsp3) is 0.333. The van der Waals surface area contributed by atoms with Gasteiger partial charge in [-0.2, -0.15) is 5.10 Å². The lowest BCUT2D eigenvalue weighted by molar-refractivity contribution is 0.286. The first-order valence-electron chi connectivity index (χ1n) is 6.58. The Morgan fingerprint density at radius 2 is 2.29 bits per heavy atom. The molecule has 21 heavy (non-hydrogen) atoms. The van der Waals surface area contributed by atoms with E-state index in [-0.39, 0.29) is 12.4 Å². The molecule has 6 heteroatoms. The Kier molecular flexibility index (Phi) is 5.59. The fourth-order valence-electron chi connectivity index (χ4n) is 1.74. The molecule has 0 saturated heterocycles. The summed E-state index contributed by atoms with van der Waals surface area (Å²) in [5.74, 6) is 7.06. The minimum atomic E-state index is -0.353.